The van der Waals surface area contributed by atoms with Gasteiger partial charge in [-0.25, -0.2) is 14.4 Å². The quantitative estimate of drug-likeness (QED) is 0.656. The van der Waals surface area contributed by atoms with E-state index in [2.05, 4.69) is 20.6 Å². The number of amides is 1. The molecule has 1 amide bonds. The molecule has 0 atom stereocenters. The number of rotatable bonds is 7. The van der Waals surface area contributed by atoms with E-state index in [-0.39, 0.29) is 11.7 Å². The van der Waals surface area contributed by atoms with Crippen molar-refractivity contribution < 1.29 is 9.18 Å². The first kappa shape index (κ1) is 19.5. The summed E-state index contributed by atoms with van der Waals surface area (Å²) in [4.78, 5) is 21.1. The Hall–Kier alpha value is -3.28. The maximum absolute atomic E-state index is 13.7. The standard InChI is InChI=1S/C22H23FN4O/c1-15-6-5-7-17(12-15)14-25-21(28)20-13-16(2)26-22(27-20)24-11-10-18-8-3-4-9-19(18)23/h3-9,12-13H,10-11,14H2,1-2H3,(H,25,28)(H,24,26,27). The van der Waals surface area contributed by atoms with Crippen LogP contribution in [-0.4, -0.2) is 22.4 Å². The summed E-state index contributed by atoms with van der Waals surface area (Å²) in [5.74, 6) is -0.133. The van der Waals surface area contributed by atoms with Crippen LogP contribution in [-0.2, 0) is 13.0 Å². The lowest BCUT2D eigenvalue weighted by Gasteiger charge is -2.09. The molecule has 0 saturated heterocycles. The SMILES string of the molecule is Cc1cccc(CNC(=O)c2cc(C)nc(NCCc3ccccc3F)n2)c1. The van der Waals surface area contributed by atoms with Gasteiger partial charge in [0.2, 0.25) is 5.95 Å². The van der Waals surface area contributed by atoms with Crippen molar-refractivity contribution in [2.45, 2.75) is 26.8 Å². The fourth-order valence-electron chi connectivity index (χ4n) is 2.87. The molecular weight excluding hydrogens is 355 g/mol. The van der Waals surface area contributed by atoms with Gasteiger partial charge in [-0.15, -0.1) is 0 Å². The zero-order valence-electron chi connectivity index (χ0n) is 16.0. The summed E-state index contributed by atoms with van der Waals surface area (Å²) in [7, 11) is 0. The summed E-state index contributed by atoms with van der Waals surface area (Å²) >= 11 is 0. The van der Waals surface area contributed by atoms with Gasteiger partial charge in [-0.05, 0) is 43.5 Å². The predicted octanol–water partition coefficient (Wildman–Crippen LogP) is 3.82. The normalized spacial score (nSPS) is 10.5. The molecule has 1 heterocycles. The molecule has 2 aromatic carbocycles. The maximum Gasteiger partial charge on any atom is 0.270 e. The molecule has 144 valence electrons. The molecule has 0 aliphatic heterocycles. The number of carbonyl (C=O) groups excluding carboxylic acids is 1. The van der Waals surface area contributed by atoms with E-state index in [1.165, 1.54) is 6.07 Å². The summed E-state index contributed by atoms with van der Waals surface area (Å²) in [6.45, 7) is 4.72. The van der Waals surface area contributed by atoms with Crippen molar-refractivity contribution >= 4 is 11.9 Å². The number of benzene rings is 2. The van der Waals surface area contributed by atoms with Crippen molar-refractivity contribution in [3.8, 4) is 0 Å². The molecule has 0 aliphatic carbocycles. The summed E-state index contributed by atoms with van der Waals surface area (Å²) in [5.41, 5.74) is 3.78. The molecule has 0 spiro atoms. The van der Waals surface area contributed by atoms with Gasteiger partial charge < -0.3 is 10.6 Å². The third-order valence-corrected chi connectivity index (χ3v) is 4.26. The Bertz CT molecular complexity index is 974. The molecule has 3 rings (SSSR count). The van der Waals surface area contributed by atoms with Crippen molar-refractivity contribution in [1.29, 1.82) is 0 Å². The minimum Gasteiger partial charge on any atom is -0.354 e. The van der Waals surface area contributed by atoms with Crippen molar-refractivity contribution in [3.63, 3.8) is 0 Å². The monoisotopic (exact) mass is 378 g/mol. The summed E-state index contributed by atoms with van der Waals surface area (Å²) in [6.07, 6.45) is 0.499. The molecule has 0 radical (unpaired) electrons. The number of aryl methyl sites for hydroxylation is 2. The van der Waals surface area contributed by atoms with Crippen LogP contribution < -0.4 is 10.6 Å². The van der Waals surface area contributed by atoms with Gasteiger partial charge in [0.25, 0.3) is 5.91 Å². The molecule has 1 aromatic heterocycles. The van der Waals surface area contributed by atoms with Gasteiger partial charge >= 0.3 is 0 Å². The Balaban J connectivity index is 1.60. The molecule has 6 heteroatoms. The van der Waals surface area contributed by atoms with E-state index in [4.69, 9.17) is 0 Å². The van der Waals surface area contributed by atoms with Crippen molar-refractivity contribution in [3.05, 3.63) is 88.5 Å². The highest BCUT2D eigenvalue weighted by molar-refractivity contribution is 5.92. The number of halogens is 1. The van der Waals surface area contributed by atoms with Crippen molar-refractivity contribution in [1.82, 2.24) is 15.3 Å². The molecule has 3 aromatic rings. The van der Waals surface area contributed by atoms with Gasteiger partial charge in [0.1, 0.15) is 11.5 Å². The second-order valence-corrected chi connectivity index (χ2v) is 6.66. The Labute approximate surface area is 164 Å². The lowest BCUT2D eigenvalue weighted by Crippen LogP contribution is -2.24. The van der Waals surface area contributed by atoms with E-state index in [0.717, 1.165) is 11.1 Å². The number of aromatic nitrogens is 2. The zero-order chi connectivity index (χ0) is 19.9. The fourth-order valence-corrected chi connectivity index (χ4v) is 2.87. The van der Waals surface area contributed by atoms with Gasteiger partial charge in [-0.3, -0.25) is 4.79 Å². The smallest absolute Gasteiger partial charge is 0.270 e. The predicted molar refractivity (Wildman–Crippen MR) is 108 cm³/mol. The lowest BCUT2D eigenvalue weighted by atomic mass is 10.1. The van der Waals surface area contributed by atoms with Crippen LogP contribution in [0.2, 0.25) is 0 Å². The Morgan fingerprint density at radius 3 is 2.64 bits per heavy atom. The Morgan fingerprint density at radius 2 is 1.86 bits per heavy atom. The minimum atomic E-state index is -0.260. The van der Waals surface area contributed by atoms with Crippen LogP contribution in [0.3, 0.4) is 0 Å². The van der Waals surface area contributed by atoms with Crippen LogP contribution in [0.4, 0.5) is 10.3 Å². The molecule has 0 bridgehead atoms. The first-order valence-corrected chi connectivity index (χ1v) is 9.18. The average Bonchev–Trinajstić information content (AvgIpc) is 2.67. The molecule has 0 aliphatic rings. The van der Waals surface area contributed by atoms with Crippen LogP contribution >= 0.6 is 0 Å². The lowest BCUT2D eigenvalue weighted by molar-refractivity contribution is 0.0945. The van der Waals surface area contributed by atoms with E-state index in [1.807, 2.05) is 31.2 Å². The van der Waals surface area contributed by atoms with Crippen molar-refractivity contribution in [2.24, 2.45) is 0 Å². The van der Waals surface area contributed by atoms with E-state index < -0.39 is 0 Å². The molecule has 0 saturated carbocycles. The average molecular weight is 378 g/mol. The molecule has 28 heavy (non-hydrogen) atoms. The number of nitrogens with one attached hydrogen (secondary N) is 2. The van der Waals surface area contributed by atoms with Crippen LogP contribution in [0.25, 0.3) is 0 Å². The number of hydrogen-bond acceptors (Lipinski definition) is 4. The van der Waals surface area contributed by atoms with E-state index in [1.54, 1.807) is 31.2 Å². The zero-order valence-corrected chi connectivity index (χ0v) is 16.0. The second-order valence-electron chi connectivity index (χ2n) is 6.66. The Morgan fingerprint density at radius 1 is 1.04 bits per heavy atom. The topological polar surface area (TPSA) is 66.9 Å². The van der Waals surface area contributed by atoms with Crippen LogP contribution in [0.5, 0.6) is 0 Å². The molecule has 5 nitrogen and oxygen atoms in total. The first-order valence-electron chi connectivity index (χ1n) is 9.18. The highest BCUT2D eigenvalue weighted by Gasteiger charge is 2.11. The highest BCUT2D eigenvalue weighted by Crippen LogP contribution is 2.09. The molecule has 0 fully saturated rings. The minimum absolute atomic E-state index is 0.231. The van der Waals surface area contributed by atoms with Crippen LogP contribution in [0.15, 0.2) is 54.6 Å². The third kappa shape index (κ3) is 5.36. The maximum atomic E-state index is 13.7. The largest absolute Gasteiger partial charge is 0.354 e. The third-order valence-electron chi connectivity index (χ3n) is 4.26. The van der Waals surface area contributed by atoms with E-state index >= 15 is 0 Å². The van der Waals surface area contributed by atoms with Gasteiger partial charge in [-0.2, -0.15) is 0 Å². The molecular formula is C22H23FN4O. The Kier molecular flexibility index (Phi) is 6.32. The number of nitrogens with zero attached hydrogens (tertiary/aromatic N) is 2. The van der Waals surface area contributed by atoms with Crippen LogP contribution in [0, 0.1) is 19.7 Å². The van der Waals surface area contributed by atoms with Gasteiger partial charge in [0.05, 0.1) is 0 Å². The number of hydrogen-bond donors (Lipinski definition) is 2. The van der Waals surface area contributed by atoms with Gasteiger partial charge in [0, 0.05) is 18.8 Å². The summed E-state index contributed by atoms with van der Waals surface area (Å²) in [5, 5.41) is 5.95. The first-order chi connectivity index (χ1) is 13.5. The van der Waals surface area contributed by atoms with Crippen LogP contribution in [0.1, 0.15) is 32.9 Å². The van der Waals surface area contributed by atoms with E-state index in [0.29, 0.717) is 42.4 Å². The van der Waals surface area contributed by atoms with Crippen molar-refractivity contribution in [2.75, 3.05) is 11.9 Å². The summed E-state index contributed by atoms with van der Waals surface area (Å²) in [6, 6.07) is 16.3. The van der Waals surface area contributed by atoms with Gasteiger partial charge in [-0.1, -0.05) is 48.0 Å². The second kappa shape index (κ2) is 9.08. The molecule has 2 N–H and O–H groups in total. The van der Waals surface area contributed by atoms with Gasteiger partial charge in [0.15, 0.2) is 0 Å². The number of carbonyl (C=O) groups is 1. The summed E-state index contributed by atoms with van der Waals surface area (Å²) < 4.78 is 13.7. The highest BCUT2D eigenvalue weighted by atomic mass is 19.1. The van der Waals surface area contributed by atoms with E-state index in [9.17, 15) is 9.18 Å². The number of anilines is 1. The fraction of sp³-hybridized carbons (Fsp3) is 0.227. The molecule has 0 unspecified atom stereocenters.